The Bertz CT molecular complexity index is 453. The molecule has 5 nitrogen and oxygen atoms in total. The van der Waals surface area contributed by atoms with E-state index in [1.165, 1.54) is 12.3 Å². The largest absolute Gasteiger partial charge is 0.508 e. The monoisotopic (exact) mass is 206 g/mol. The topological polar surface area (TPSA) is 81.5 Å². The van der Waals surface area contributed by atoms with Gasteiger partial charge in [-0.25, -0.2) is 0 Å². The summed E-state index contributed by atoms with van der Waals surface area (Å²) < 4.78 is 10.0. The van der Waals surface area contributed by atoms with Crippen LogP contribution in [0.25, 0.3) is 0 Å². The second kappa shape index (κ2) is 3.91. The fraction of sp³-hybridized carbons (Fsp3) is 0.100. The maximum atomic E-state index is 9.19. The number of aromatic nitrogens is 1. The number of phenolic OH excluding ortho intramolecular Hbond substituents is 1. The zero-order chi connectivity index (χ0) is 10.7. The number of phenols is 1. The Morgan fingerprint density at radius 2 is 2.33 bits per heavy atom. The van der Waals surface area contributed by atoms with E-state index in [0.717, 1.165) is 0 Å². The average molecular weight is 206 g/mol. The number of nitrogen functional groups attached to an aromatic ring is 1. The summed E-state index contributed by atoms with van der Waals surface area (Å²) in [6.45, 7) is 0.263. The number of nitrogens with zero attached hydrogens (tertiary/aromatic N) is 1. The number of nitrogens with two attached hydrogens (primary N) is 1. The standard InChI is InChI=1S/C10H10N2O3/c11-10-7(5-12-15-10)6-14-9-3-1-2-8(13)4-9/h1-5,13H,6,11H2. The summed E-state index contributed by atoms with van der Waals surface area (Å²) in [6.07, 6.45) is 1.50. The number of benzene rings is 1. The van der Waals surface area contributed by atoms with Gasteiger partial charge in [-0.3, -0.25) is 0 Å². The summed E-state index contributed by atoms with van der Waals surface area (Å²) in [4.78, 5) is 0. The van der Waals surface area contributed by atoms with E-state index in [-0.39, 0.29) is 18.2 Å². The van der Waals surface area contributed by atoms with Gasteiger partial charge in [0.15, 0.2) is 0 Å². The van der Waals surface area contributed by atoms with Gasteiger partial charge in [0.05, 0.1) is 11.8 Å². The molecule has 2 aromatic rings. The highest BCUT2D eigenvalue weighted by molar-refractivity contribution is 5.35. The minimum Gasteiger partial charge on any atom is -0.508 e. The van der Waals surface area contributed by atoms with E-state index >= 15 is 0 Å². The molecule has 0 radical (unpaired) electrons. The molecule has 1 aromatic carbocycles. The SMILES string of the molecule is Nc1oncc1COc1cccc(O)c1. The van der Waals surface area contributed by atoms with Crippen molar-refractivity contribution >= 4 is 5.88 Å². The molecule has 0 spiro atoms. The number of anilines is 1. The summed E-state index contributed by atoms with van der Waals surface area (Å²) in [5.41, 5.74) is 6.16. The number of hydrogen-bond donors (Lipinski definition) is 2. The lowest BCUT2D eigenvalue weighted by atomic mass is 10.3. The Hall–Kier alpha value is -2.17. The molecule has 15 heavy (non-hydrogen) atoms. The quantitative estimate of drug-likeness (QED) is 0.796. The maximum absolute atomic E-state index is 9.19. The molecule has 3 N–H and O–H groups in total. The van der Waals surface area contributed by atoms with Crippen LogP contribution in [0.4, 0.5) is 5.88 Å². The maximum Gasteiger partial charge on any atom is 0.228 e. The summed E-state index contributed by atoms with van der Waals surface area (Å²) in [5.74, 6) is 0.969. The van der Waals surface area contributed by atoms with Crippen LogP contribution in [0.1, 0.15) is 5.56 Å². The average Bonchev–Trinajstić information content (AvgIpc) is 2.61. The molecule has 0 saturated heterocycles. The fourth-order valence-corrected chi connectivity index (χ4v) is 1.11. The molecule has 0 aliphatic rings. The molecule has 0 fully saturated rings. The number of ether oxygens (including phenoxy) is 1. The van der Waals surface area contributed by atoms with Gasteiger partial charge in [-0.05, 0) is 12.1 Å². The molecule has 0 aliphatic carbocycles. The van der Waals surface area contributed by atoms with Crippen LogP contribution in [0, 0.1) is 0 Å². The van der Waals surface area contributed by atoms with Crippen LogP contribution >= 0.6 is 0 Å². The Morgan fingerprint density at radius 1 is 1.47 bits per heavy atom. The first-order valence-corrected chi connectivity index (χ1v) is 4.36. The van der Waals surface area contributed by atoms with Crippen LogP contribution in [0.3, 0.4) is 0 Å². The van der Waals surface area contributed by atoms with Gasteiger partial charge in [0.1, 0.15) is 18.1 Å². The van der Waals surface area contributed by atoms with Crippen molar-refractivity contribution in [2.75, 3.05) is 5.73 Å². The van der Waals surface area contributed by atoms with Gasteiger partial charge in [-0.15, -0.1) is 0 Å². The molecule has 0 amide bonds. The van der Waals surface area contributed by atoms with E-state index < -0.39 is 0 Å². The summed E-state index contributed by atoms with van der Waals surface area (Å²) >= 11 is 0. The third-order valence-corrected chi connectivity index (χ3v) is 1.89. The molecule has 1 heterocycles. The number of hydrogen-bond acceptors (Lipinski definition) is 5. The molecule has 0 saturated carbocycles. The normalized spacial score (nSPS) is 10.1. The van der Waals surface area contributed by atoms with Gasteiger partial charge in [-0.1, -0.05) is 11.2 Å². The van der Waals surface area contributed by atoms with Crippen LogP contribution in [-0.4, -0.2) is 10.3 Å². The molecular weight excluding hydrogens is 196 g/mol. The molecule has 5 heteroatoms. The van der Waals surface area contributed by atoms with Crippen LogP contribution in [0.5, 0.6) is 11.5 Å². The summed E-state index contributed by atoms with van der Waals surface area (Å²) in [6, 6.07) is 6.52. The fourth-order valence-electron chi connectivity index (χ4n) is 1.11. The van der Waals surface area contributed by atoms with Crippen molar-refractivity contribution in [3.8, 4) is 11.5 Å². The van der Waals surface area contributed by atoms with Crippen LogP contribution < -0.4 is 10.5 Å². The molecule has 0 atom stereocenters. The summed E-state index contributed by atoms with van der Waals surface area (Å²) in [5, 5.41) is 12.7. The first-order chi connectivity index (χ1) is 7.25. The lowest BCUT2D eigenvalue weighted by molar-refractivity contribution is 0.304. The third kappa shape index (κ3) is 2.19. The van der Waals surface area contributed by atoms with E-state index in [4.69, 9.17) is 10.5 Å². The molecule has 0 bridgehead atoms. The zero-order valence-corrected chi connectivity index (χ0v) is 7.88. The van der Waals surface area contributed by atoms with Gasteiger partial charge in [0, 0.05) is 6.07 Å². The Balaban J connectivity index is 2.02. The number of rotatable bonds is 3. The molecule has 0 unspecified atom stereocenters. The molecule has 2 rings (SSSR count). The van der Waals surface area contributed by atoms with E-state index in [0.29, 0.717) is 11.3 Å². The van der Waals surface area contributed by atoms with Crippen LogP contribution in [-0.2, 0) is 6.61 Å². The van der Waals surface area contributed by atoms with Gasteiger partial charge >= 0.3 is 0 Å². The van der Waals surface area contributed by atoms with Gasteiger partial charge in [0.25, 0.3) is 0 Å². The van der Waals surface area contributed by atoms with Crippen molar-refractivity contribution in [2.45, 2.75) is 6.61 Å². The Labute approximate surface area is 86.1 Å². The van der Waals surface area contributed by atoms with Crippen molar-refractivity contribution in [1.29, 1.82) is 0 Å². The van der Waals surface area contributed by atoms with Crippen molar-refractivity contribution in [2.24, 2.45) is 0 Å². The molecule has 1 aromatic heterocycles. The number of aromatic hydroxyl groups is 1. The summed E-state index contributed by atoms with van der Waals surface area (Å²) in [7, 11) is 0. The van der Waals surface area contributed by atoms with Crippen molar-refractivity contribution in [3.63, 3.8) is 0 Å². The predicted molar refractivity (Wildman–Crippen MR) is 53.4 cm³/mol. The van der Waals surface area contributed by atoms with Gasteiger partial charge in [-0.2, -0.15) is 0 Å². The van der Waals surface area contributed by atoms with Gasteiger partial charge in [0.2, 0.25) is 5.88 Å². The molecular formula is C10H10N2O3. The highest BCUT2D eigenvalue weighted by Crippen LogP contribution is 2.20. The predicted octanol–water partition coefficient (Wildman–Crippen LogP) is 1.54. The lowest BCUT2D eigenvalue weighted by Gasteiger charge is -2.04. The van der Waals surface area contributed by atoms with Crippen LogP contribution in [0.2, 0.25) is 0 Å². The van der Waals surface area contributed by atoms with E-state index in [2.05, 4.69) is 9.68 Å². The lowest BCUT2D eigenvalue weighted by Crippen LogP contribution is -1.97. The highest BCUT2D eigenvalue weighted by atomic mass is 16.5. The molecule has 78 valence electrons. The van der Waals surface area contributed by atoms with Crippen LogP contribution in [0.15, 0.2) is 35.0 Å². The Kier molecular flexibility index (Phi) is 2.45. The minimum atomic E-state index is 0.158. The third-order valence-electron chi connectivity index (χ3n) is 1.89. The minimum absolute atomic E-state index is 0.158. The zero-order valence-electron chi connectivity index (χ0n) is 7.88. The highest BCUT2D eigenvalue weighted by Gasteiger charge is 2.04. The first-order valence-electron chi connectivity index (χ1n) is 4.36. The van der Waals surface area contributed by atoms with E-state index in [9.17, 15) is 5.11 Å². The second-order valence-corrected chi connectivity index (χ2v) is 3.00. The Morgan fingerprint density at radius 3 is 3.00 bits per heavy atom. The smallest absolute Gasteiger partial charge is 0.228 e. The van der Waals surface area contributed by atoms with E-state index in [1.54, 1.807) is 18.2 Å². The van der Waals surface area contributed by atoms with Crippen molar-refractivity contribution in [3.05, 3.63) is 36.0 Å². The van der Waals surface area contributed by atoms with E-state index in [1.807, 2.05) is 0 Å². The van der Waals surface area contributed by atoms with Gasteiger partial charge < -0.3 is 20.1 Å². The first kappa shape index (κ1) is 9.39. The van der Waals surface area contributed by atoms with Crippen molar-refractivity contribution < 1.29 is 14.4 Å². The second-order valence-electron chi connectivity index (χ2n) is 3.00. The molecule has 0 aliphatic heterocycles. The van der Waals surface area contributed by atoms with Crippen molar-refractivity contribution in [1.82, 2.24) is 5.16 Å².